The summed E-state index contributed by atoms with van der Waals surface area (Å²) in [7, 11) is -4.20. The van der Waals surface area contributed by atoms with Gasteiger partial charge in [-0.3, -0.25) is 9.59 Å². The van der Waals surface area contributed by atoms with E-state index in [4.69, 9.17) is 0 Å². The highest BCUT2D eigenvalue weighted by molar-refractivity contribution is 8.01. The molecule has 3 nitrogen and oxygen atoms in total. The summed E-state index contributed by atoms with van der Waals surface area (Å²) in [4.78, 5) is 28.2. The van der Waals surface area contributed by atoms with Gasteiger partial charge in [-0.2, -0.15) is 0 Å². The van der Waals surface area contributed by atoms with Gasteiger partial charge in [0.25, 0.3) is 0 Å². The van der Waals surface area contributed by atoms with Gasteiger partial charge in [0.2, 0.25) is 18.2 Å². The second-order valence-electron chi connectivity index (χ2n) is 8.19. The predicted octanol–water partition coefficient (Wildman–Crippen LogP) is 6.95. The Kier molecular flexibility index (Phi) is 6.26. The van der Waals surface area contributed by atoms with Gasteiger partial charge in [0, 0.05) is 16.4 Å². The lowest BCUT2D eigenvalue weighted by Crippen LogP contribution is -2.22. The van der Waals surface area contributed by atoms with Crippen LogP contribution in [0.1, 0.15) is 37.4 Å². The third-order valence-corrected chi connectivity index (χ3v) is 8.57. The SMILES string of the molecule is Cc1cccc(C)c1C(=O)P(=O)(C(=O)c1c(C)cccc1-c1ccccc1)c1ccccc1. The maximum Gasteiger partial charge on any atom is 0.248 e. The molecule has 0 heterocycles. The molecule has 4 rings (SSSR count). The maximum atomic E-state index is 14.8. The fourth-order valence-corrected chi connectivity index (χ4v) is 6.77. The summed E-state index contributed by atoms with van der Waals surface area (Å²) in [6.07, 6.45) is 0. The molecule has 1 atom stereocenters. The first-order chi connectivity index (χ1) is 15.9. The summed E-state index contributed by atoms with van der Waals surface area (Å²) in [6.45, 7) is 5.44. The molecule has 1 unspecified atom stereocenters. The Hall–Kier alpha value is -3.55. The van der Waals surface area contributed by atoms with Crippen molar-refractivity contribution in [3.05, 3.63) is 125 Å². The summed E-state index contributed by atoms with van der Waals surface area (Å²) < 4.78 is 14.8. The lowest BCUT2D eigenvalue weighted by molar-refractivity contribution is 0.104. The molecule has 0 radical (unpaired) electrons. The Balaban J connectivity index is 2.00. The van der Waals surface area contributed by atoms with Crippen molar-refractivity contribution in [2.45, 2.75) is 20.8 Å². The number of hydrogen-bond acceptors (Lipinski definition) is 3. The molecule has 0 amide bonds. The molecule has 0 aliphatic carbocycles. The molecule has 164 valence electrons. The number of hydrogen-bond donors (Lipinski definition) is 0. The highest BCUT2D eigenvalue weighted by Crippen LogP contribution is 2.53. The van der Waals surface area contributed by atoms with Crippen LogP contribution in [0.3, 0.4) is 0 Å². The Bertz CT molecular complexity index is 1370. The molecular weight excluding hydrogens is 427 g/mol. The minimum absolute atomic E-state index is 0.255. The topological polar surface area (TPSA) is 51.2 Å². The van der Waals surface area contributed by atoms with Gasteiger partial charge >= 0.3 is 0 Å². The summed E-state index contributed by atoms with van der Waals surface area (Å²) in [6, 6.07) is 28.9. The molecule has 4 aromatic carbocycles. The summed E-state index contributed by atoms with van der Waals surface area (Å²) >= 11 is 0. The first-order valence-electron chi connectivity index (χ1n) is 10.8. The number of carbonyl (C=O) groups is 2. The van der Waals surface area contributed by atoms with Crippen LogP contribution in [0.25, 0.3) is 11.1 Å². The van der Waals surface area contributed by atoms with Crippen LogP contribution >= 0.6 is 7.14 Å². The summed E-state index contributed by atoms with van der Waals surface area (Å²) in [5, 5.41) is 0.255. The molecule has 0 saturated carbocycles. The van der Waals surface area contributed by atoms with Gasteiger partial charge in [0.1, 0.15) is 0 Å². The average Bonchev–Trinajstić information content (AvgIpc) is 2.84. The zero-order chi connectivity index (χ0) is 23.6. The highest BCUT2D eigenvalue weighted by atomic mass is 31.2. The molecule has 0 saturated heterocycles. The van der Waals surface area contributed by atoms with Gasteiger partial charge in [-0.1, -0.05) is 97.1 Å². The van der Waals surface area contributed by atoms with Gasteiger partial charge < -0.3 is 4.57 Å². The minimum atomic E-state index is -4.20. The van der Waals surface area contributed by atoms with E-state index in [1.165, 1.54) is 0 Å². The van der Waals surface area contributed by atoms with Gasteiger partial charge in [0.05, 0.1) is 0 Å². The van der Waals surface area contributed by atoms with Crippen molar-refractivity contribution in [3.8, 4) is 11.1 Å². The van der Waals surface area contributed by atoms with Crippen molar-refractivity contribution in [1.82, 2.24) is 0 Å². The van der Waals surface area contributed by atoms with Crippen molar-refractivity contribution >= 4 is 23.5 Å². The van der Waals surface area contributed by atoms with Crippen LogP contribution in [0.5, 0.6) is 0 Å². The molecule has 0 aliphatic rings. The summed E-state index contributed by atoms with van der Waals surface area (Å²) in [5.41, 5.74) is 3.05. The highest BCUT2D eigenvalue weighted by Gasteiger charge is 2.44. The Morgan fingerprint density at radius 1 is 0.545 bits per heavy atom. The lowest BCUT2D eigenvalue weighted by Gasteiger charge is -2.21. The molecule has 33 heavy (non-hydrogen) atoms. The third kappa shape index (κ3) is 4.01. The van der Waals surface area contributed by atoms with Gasteiger partial charge in [0.15, 0.2) is 0 Å². The van der Waals surface area contributed by atoms with Crippen LogP contribution in [-0.2, 0) is 4.57 Å². The molecule has 0 spiro atoms. The van der Waals surface area contributed by atoms with E-state index in [9.17, 15) is 14.2 Å². The maximum absolute atomic E-state index is 14.8. The normalized spacial score (nSPS) is 12.7. The first kappa shape index (κ1) is 22.6. The van der Waals surface area contributed by atoms with E-state index >= 15 is 0 Å². The van der Waals surface area contributed by atoms with Crippen LogP contribution in [0.2, 0.25) is 0 Å². The van der Waals surface area contributed by atoms with E-state index in [0.29, 0.717) is 33.4 Å². The van der Waals surface area contributed by atoms with Crippen LogP contribution in [0.15, 0.2) is 97.1 Å². The zero-order valence-electron chi connectivity index (χ0n) is 18.9. The second-order valence-corrected chi connectivity index (χ2v) is 10.7. The Labute approximate surface area is 194 Å². The van der Waals surface area contributed by atoms with Crippen LogP contribution in [-0.4, -0.2) is 11.0 Å². The molecule has 4 heteroatoms. The van der Waals surface area contributed by atoms with E-state index in [-0.39, 0.29) is 5.30 Å². The van der Waals surface area contributed by atoms with Crippen molar-refractivity contribution in [3.63, 3.8) is 0 Å². The van der Waals surface area contributed by atoms with Gasteiger partial charge in [-0.05, 0) is 48.6 Å². The Morgan fingerprint density at radius 3 is 1.58 bits per heavy atom. The van der Waals surface area contributed by atoms with Crippen LogP contribution in [0, 0.1) is 20.8 Å². The third-order valence-electron chi connectivity index (χ3n) is 5.96. The smallest absolute Gasteiger partial charge is 0.248 e. The van der Waals surface area contributed by atoms with Gasteiger partial charge in [-0.15, -0.1) is 0 Å². The standard InChI is InChI=1S/C29H25O3P/c1-20-12-10-13-21(2)26(20)28(30)33(32,24-17-8-5-9-18-24)29(31)27-22(3)14-11-19-25(27)23-15-6-4-7-16-23/h4-19H,1-3H3. The lowest BCUT2D eigenvalue weighted by atomic mass is 9.97. The van der Waals surface area contributed by atoms with Crippen LogP contribution < -0.4 is 5.30 Å². The first-order valence-corrected chi connectivity index (χ1v) is 12.5. The van der Waals surface area contributed by atoms with Gasteiger partial charge in [-0.25, -0.2) is 0 Å². The Morgan fingerprint density at radius 2 is 1.00 bits per heavy atom. The number of aryl methyl sites for hydroxylation is 3. The molecule has 0 bridgehead atoms. The quantitative estimate of drug-likeness (QED) is 0.298. The van der Waals surface area contributed by atoms with E-state index in [1.807, 2.05) is 87.5 Å². The number of benzene rings is 4. The van der Waals surface area contributed by atoms with Crippen molar-refractivity contribution < 1.29 is 14.2 Å². The fraction of sp³-hybridized carbons (Fsp3) is 0.103. The number of rotatable bonds is 6. The van der Waals surface area contributed by atoms with E-state index in [2.05, 4.69) is 0 Å². The number of carbonyl (C=O) groups excluding carboxylic acids is 2. The van der Waals surface area contributed by atoms with E-state index < -0.39 is 18.2 Å². The van der Waals surface area contributed by atoms with Crippen molar-refractivity contribution in [2.24, 2.45) is 0 Å². The van der Waals surface area contributed by atoms with Crippen LogP contribution in [0.4, 0.5) is 0 Å². The molecule has 4 aromatic rings. The molecule has 0 aliphatic heterocycles. The fourth-order valence-electron chi connectivity index (χ4n) is 4.24. The second kappa shape index (κ2) is 9.13. The average molecular weight is 452 g/mol. The molecular formula is C29H25O3P. The molecule has 0 aromatic heterocycles. The largest absolute Gasteiger partial charge is 0.302 e. The zero-order valence-corrected chi connectivity index (χ0v) is 19.8. The minimum Gasteiger partial charge on any atom is -0.302 e. The van der Waals surface area contributed by atoms with Crippen molar-refractivity contribution in [1.29, 1.82) is 0 Å². The van der Waals surface area contributed by atoms with E-state index in [0.717, 1.165) is 5.56 Å². The molecule has 0 N–H and O–H groups in total. The monoisotopic (exact) mass is 452 g/mol. The van der Waals surface area contributed by atoms with E-state index in [1.54, 1.807) is 30.3 Å². The van der Waals surface area contributed by atoms with Crippen molar-refractivity contribution in [2.75, 3.05) is 0 Å². The summed E-state index contributed by atoms with van der Waals surface area (Å²) in [5.74, 6) is 0. The molecule has 0 fully saturated rings. The predicted molar refractivity (Wildman–Crippen MR) is 135 cm³/mol.